The lowest BCUT2D eigenvalue weighted by Gasteiger charge is -2.26. The first-order chi connectivity index (χ1) is 11.2. The van der Waals surface area contributed by atoms with Crippen molar-refractivity contribution in [3.05, 3.63) is 35.9 Å². The van der Waals surface area contributed by atoms with Gasteiger partial charge in [0.15, 0.2) is 0 Å². The molecule has 1 aromatic rings. The van der Waals surface area contributed by atoms with E-state index < -0.39 is 17.7 Å². The highest BCUT2D eigenvalue weighted by Gasteiger charge is 2.24. The van der Waals surface area contributed by atoms with Gasteiger partial charge in [-0.2, -0.15) is 0 Å². The fourth-order valence-electron chi connectivity index (χ4n) is 2.26. The molecule has 0 aliphatic heterocycles. The first kappa shape index (κ1) is 20.0. The number of alkyl carbamates (subject to hydrolysis) is 1. The molecule has 6 heteroatoms. The minimum Gasteiger partial charge on any atom is -0.468 e. The van der Waals surface area contributed by atoms with Gasteiger partial charge in [-0.25, -0.2) is 4.79 Å². The quantitative estimate of drug-likeness (QED) is 0.775. The van der Waals surface area contributed by atoms with Gasteiger partial charge in [-0.1, -0.05) is 30.3 Å². The Balaban J connectivity index is 2.56. The lowest BCUT2D eigenvalue weighted by atomic mass is 10.1. The zero-order valence-electron chi connectivity index (χ0n) is 15.2. The second kappa shape index (κ2) is 9.27. The molecular formula is C18H28N2O4. The number of amides is 1. The fraction of sp³-hybridized carbons (Fsp3) is 0.556. The van der Waals surface area contributed by atoms with Crippen LogP contribution in [0.1, 0.15) is 32.8 Å². The number of carbonyl (C=O) groups is 2. The number of esters is 1. The zero-order chi connectivity index (χ0) is 18.2. The molecule has 24 heavy (non-hydrogen) atoms. The van der Waals surface area contributed by atoms with E-state index in [9.17, 15) is 9.59 Å². The highest BCUT2D eigenvalue weighted by atomic mass is 16.6. The van der Waals surface area contributed by atoms with Crippen molar-refractivity contribution in [2.24, 2.45) is 0 Å². The number of ether oxygens (including phenoxy) is 2. The van der Waals surface area contributed by atoms with Gasteiger partial charge in [0.2, 0.25) is 0 Å². The molecule has 0 aromatic heterocycles. The Kier molecular flexibility index (Phi) is 7.71. The van der Waals surface area contributed by atoms with Crippen molar-refractivity contribution in [3.8, 4) is 0 Å². The molecule has 134 valence electrons. The molecular weight excluding hydrogens is 308 g/mol. The van der Waals surface area contributed by atoms with E-state index in [1.54, 1.807) is 20.8 Å². The van der Waals surface area contributed by atoms with Gasteiger partial charge in [-0.05, 0) is 39.8 Å². The van der Waals surface area contributed by atoms with Crippen molar-refractivity contribution < 1.29 is 19.1 Å². The summed E-state index contributed by atoms with van der Waals surface area (Å²) in [4.78, 5) is 25.6. The molecule has 0 heterocycles. The van der Waals surface area contributed by atoms with E-state index in [4.69, 9.17) is 9.47 Å². The third-order valence-electron chi connectivity index (χ3n) is 3.37. The molecule has 1 atom stereocenters. The molecule has 6 nitrogen and oxygen atoms in total. The van der Waals surface area contributed by atoms with Crippen LogP contribution in [0.2, 0.25) is 0 Å². The molecule has 0 spiro atoms. The normalized spacial score (nSPS) is 12.6. The van der Waals surface area contributed by atoms with E-state index >= 15 is 0 Å². The number of carbonyl (C=O) groups excluding carboxylic acids is 2. The number of methoxy groups -OCH3 is 1. The van der Waals surface area contributed by atoms with Gasteiger partial charge in [-0.3, -0.25) is 9.69 Å². The second-order valence-electron chi connectivity index (χ2n) is 6.66. The maximum Gasteiger partial charge on any atom is 0.407 e. The summed E-state index contributed by atoms with van der Waals surface area (Å²) in [6, 6.07) is 9.44. The predicted molar refractivity (Wildman–Crippen MR) is 92.6 cm³/mol. The molecule has 0 radical (unpaired) electrons. The topological polar surface area (TPSA) is 67.9 Å². The summed E-state index contributed by atoms with van der Waals surface area (Å²) in [6.07, 6.45) is -0.0493. The van der Waals surface area contributed by atoms with Crippen molar-refractivity contribution in [1.29, 1.82) is 0 Å². The molecule has 1 rings (SSSR count). The van der Waals surface area contributed by atoms with Gasteiger partial charge in [0, 0.05) is 13.1 Å². The highest BCUT2D eigenvalue weighted by Crippen LogP contribution is 2.11. The summed E-state index contributed by atoms with van der Waals surface area (Å²) in [7, 11) is 3.23. The molecule has 0 saturated carbocycles. The summed E-state index contributed by atoms with van der Waals surface area (Å²) in [5.41, 5.74) is 0.560. The summed E-state index contributed by atoms with van der Waals surface area (Å²) in [5.74, 6) is -0.320. The summed E-state index contributed by atoms with van der Waals surface area (Å²) in [6.45, 7) is 6.35. The van der Waals surface area contributed by atoms with Crippen LogP contribution in [0.4, 0.5) is 4.79 Å². The highest BCUT2D eigenvalue weighted by molar-refractivity contribution is 5.75. The average molecular weight is 336 g/mol. The van der Waals surface area contributed by atoms with E-state index in [1.165, 1.54) is 7.11 Å². The molecule has 1 N–H and O–H groups in total. The molecule has 0 fully saturated rings. The van der Waals surface area contributed by atoms with Crippen LogP contribution in [0.3, 0.4) is 0 Å². The van der Waals surface area contributed by atoms with Crippen molar-refractivity contribution >= 4 is 12.1 Å². The first-order valence-electron chi connectivity index (χ1n) is 8.02. The number of benzene rings is 1. The first-order valence-corrected chi connectivity index (χ1v) is 8.02. The van der Waals surface area contributed by atoms with Crippen LogP contribution >= 0.6 is 0 Å². The lowest BCUT2D eigenvalue weighted by Crippen LogP contribution is -2.42. The van der Waals surface area contributed by atoms with Crippen LogP contribution in [0.15, 0.2) is 30.3 Å². The van der Waals surface area contributed by atoms with E-state index in [2.05, 4.69) is 5.32 Å². The standard InChI is InChI=1S/C18H28N2O4/c1-18(2,3)24-17(22)19-12-11-15(16(21)23-5)20(4)13-14-9-7-6-8-10-14/h6-10,15H,11-13H2,1-5H3,(H,19,22)/t15-/m0/s1. The summed E-state index contributed by atoms with van der Waals surface area (Å²) >= 11 is 0. The smallest absolute Gasteiger partial charge is 0.407 e. The number of hydrogen-bond acceptors (Lipinski definition) is 5. The van der Waals surface area contributed by atoms with Gasteiger partial charge in [-0.15, -0.1) is 0 Å². The maximum atomic E-state index is 12.0. The summed E-state index contributed by atoms with van der Waals surface area (Å²) in [5, 5.41) is 2.67. The molecule has 0 bridgehead atoms. The van der Waals surface area contributed by atoms with Gasteiger partial charge < -0.3 is 14.8 Å². The number of likely N-dealkylation sites (N-methyl/N-ethyl adjacent to an activating group) is 1. The Morgan fingerprint density at radius 1 is 1.21 bits per heavy atom. The minimum atomic E-state index is -0.546. The van der Waals surface area contributed by atoms with E-state index in [0.717, 1.165) is 5.56 Å². The zero-order valence-corrected chi connectivity index (χ0v) is 15.2. The molecule has 0 aliphatic rings. The van der Waals surface area contributed by atoms with Crippen LogP contribution in [0.5, 0.6) is 0 Å². The molecule has 0 saturated heterocycles. The van der Waals surface area contributed by atoms with Crippen LogP contribution in [0.25, 0.3) is 0 Å². The minimum absolute atomic E-state index is 0.320. The number of rotatable bonds is 7. The third kappa shape index (κ3) is 7.46. The third-order valence-corrected chi connectivity index (χ3v) is 3.37. The van der Waals surface area contributed by atoms with Crippen molar-refractivity contribution in [2.45, 2.75) is 45.4 Å². The molecule has 0 aliphatic carbocycles. The maximum absolute atomic E-state index is 12.0. The van der Waals surface area contributed by atoms with Crippen LogP contribution < -0.4 is 5.32 Å². The van der Waals surface area contributed by atoms with Gasteiger partial charge in [0.25, 0.3) is 0 Å². The Morgan fingerprint density at radius 3 is 2.38 bits per heavy atom. The van der Waals surface area contributed by atoms with Gasteiger partial charge in [0.05, 0.1) is 7.11 Å². The Hall–Kier alpha value is -2.08. The SMILES string of the molecule is COC(=O)[C@H](CCNC(=O)OC(C)(C)C)N(C)Cc1ccccc1. The van der Waals surface area contributed by atoms with E-state index in [-0.39, 0.29) is 5.97 Å². The van der Waals surface area contributed by atoms with Crippen molar-refractivity contribution in [2.75, 3.05) is 20.7 Å². The summed E-state index contributed by atoms with van der Waals surface area (Å²) < 4.78 is 10.1. The van der Waals surface area contributed by atoms with Gasteiger partial charge in [0.1, 0.15) is 11.6 Å². The second-order valence-corrected chi connectivity index (χ2v) is 6.66. The average Bonchev–Trinajstić information content (AvgIpc) is 2.50. The number of hydrogen-bond donors (Lipinski definition) is 1. The van der Waals surface area contributed by atoms with Gasteiger partial charge >= 0.3 is 12.1 Å². The van der Waals surface area contributed by atoms with Crippen LogP contribution in [0, 0.1) is 0 Å². The van der Waals surface area contributed by atoms with E-state index in [1.807, 2.05) is 42.3 Å². The Bertz CT molecular complexity index is 526. The predicted octanol–water partition coefficient (Wildman–Crippen LogP) is 2.57. The Labute approximate surface area is 144 Å². The monoisotopic (exact) mass is 336 g/mol. The lowest BCUT2D eigenvalue weighted by molar-refractivity contribution is -0.146. The number of nitrogens with one attached hydrogen (secondary N) is 1. The molecule has 0 unspecified atom stereocenters. The van der Waals surface area contributed by atoms with Crippen molar-refractivity contribution in [1.82, 2.24) is 10.2 Å². The molecule has 1 amide bonds. The molecule has 1 aromatic carbocycles. The fourth-order valence-corrected chi connectivity index (χ4v) is 2.26. The largest absolute Gasteiger partial charge is 0.468 e. The van der Waals surface area contributed by atoms with Crippen LogP contribution in [-0.4, -0.2) is 49.3 Å². The van der Waals surface area contributed by atoms with E-state index in [0.29, 0.717) is 19.5 Å². The van der Waals surface area contributed by atoms with Crippen molar-refractivity contribution in [3.63, 3.8) is 0 Å². The number of nitrogens with zero attached hydrogens (tertiary/aromatic N) is 1. The Morgan fingerprint density at radius 2 is 1.83 bits per heavy atom. The van der Waals surface area contributed by atoms with Crippen LogP contribution in [-0.2, 0) is 20.8 Å².